The van der Waals surface area contributed by atoms with E-state index < -0.39 is 17.9 Å². The van der Waals surface area contributed by atoms with Crippen molar-refractivity contribution in [2.24, 2.45) is 0 Å². The number of rotatable bonds is 6. The maximum absolute atomic E-state index is 13.2. The first-order valence-electron chi connectivity index (χ1n) is 9.35. The molecule has 2 aromatic rings. The number of amides is 1. The Morgan fingerprint density at radius 1 is 1.18 bits per heavy atom. The van der Waals surface area contributed by atoms with E-state index >= 15 is 0 Å². The van der Waals surface area contributed by atoms with Gasteiger partial charge in [-0.25, -0.2) is 0 Å². The van der Waals surface area contributed by atoms with Gasteiger partial charge in [0.25, 0.3) is 5.91 Å². The molecule has 0 saturated carbocycles. The predicted molar refractivity (Wildman–Crippen MR) is 105 cm³/mol. The number of benzene rings is 2. The minimum atomic E-state index is -0.968. The second kappa shape index (κ2) is 7.92. The number of carboxylic acids is 1. The van der Waals surface area contributed by atoms with Gasteiger partial charge in [0.2, 0.25) is 0 Å². The fraction of sp³-hybridized carbons (Fsp3) is 0.364. The second-order valence-electron chi connectivity index (χ2n) is 7.00. The maximum Gasteiger partial charge on any atom is 0.313 e. The molecule has 1 heterocycles. The summed E-state index contributed by atoms with van der Waals surface area (Å²) in [5, 5.41) is 10.1. The van der Waals surface area contributed by atoms with Gasteiger partial charge in [-0.2, -0.15) is 0 Å². The third kappa shape index (κ3) is 3.30. The van der Waals surface area contributed by atoms with Gasteiger partial charge in [0.05, 0.1) is 19.8 Å². The van der Waals surface area contributed by atoms with Gasteiger partial charge in [0.1, 0.15) is 5.92 Å². The summed E-state index contributed by atoms with van der Waals surface area (Å²) in [6, 6.07) is 11.5. The molecule has 3 rings (SSSR count). The average molecular weight is 383 g/mol. The van der Waals surface area contributed by atoms with Gasteiger partial charge in [0, 0.05) is 11.6 Å². The Morgan fingerprint density at radius 3 is 2.50 bits per heavy atom. The van der Waals surface area contributed by atoms with Crippen molar-refractivity contribution in [3.8, 4) is 11.5 Å². The number of hydrogen-bond acceptors (Lipinski definition) is 4. The monoisotopic (exact) mass is 383 g/mol. The molecule has 2 atom stereocenters. The van der Waals surface area contributed by atoms with Crippen LogP contribution in [0.15, 0.2) is 42.5 Å². The second-order valence-corrected chi connectivity index (χ2v) is 7.00. The SMILES string of the molecule is CCOc1cc([C@@H]2[C@H](C(=O)O)c3ccccc3C(=O)N2C(C)C)ccc1OC. The average Bonchev–Trinajstić information content (AvgIpc) is 2.67. The lowest BCUT2D eigenvalue weighted by Gasteiger charge is -2.43. The van der Waals surface area contributed by atoms with E-state index in [1.54, 1.807) is 54.5 Å². The van der Waals surface area contributed by atoms with Crippen molar-refractivity contribution >= 4 is 11.9 Å². The van der Waals surface area contributed by atoms with Crippen LogP contribution in [-0.2, 0) is 4.79 Å². The lowest BCUT2D eigenvalue weighted by Crippen LogP contribution is -2.48. The Bertz CT molecular complexity index is 892. The third-order valence-electron chi connectivity index (χ3n) is 5.03. The van der Waals surface area contributed by atoms with Gasteiger partial charge in [-0.3, -0.25) is 9.59 Å². The molecule has 1 amide bonds. The quantitative estimate of drug-likeness (QED) is 0.820. The minimum absolute atomic E-state index is 0.165. The highest BCUT2D eigenvalue weighted by Gasteiger charge is 2.45. The molecule has 0 aliphatic carbocycles. The summed E-state index contributed by atoms with van der Waals surface area (Å²) in [5.74, 6) is -0.914. The predicted octanol–water partition coefficient (Wildman–Crippen LogP) is 3.87. The van der Waals surface area contributed by atoms with Crippen LogP contribution in [-0.4, -0.2) is 41.6 Å². The van der Waals surface area contributed by atoms with Crippen LogP contribution in [0.25, 0.3) is 0 Å². The van der Waals surface area contributed by atoms with Gasteiger partial charge in [-0.15, -0.1) is 0 Å². The standard InChI is InChI=1S/C22H25NO5/c1-5-28-18-12-14(10-11-17(18)27-4)20-19(22(25)26)15-8-6-7-9-16(15)21(24)23(20)13(2)3/h6-13,19-20H,5H2,1-4H3,(H,25,26)/t19-,20-/m1/s1. The van der Waals surface area contributed by atoms with Crippen molar-refractivity contribution in [1.29, 1.82) is 0 Å². The highest BCUT2D eigenvalue weighted by atomic mass is 16.5. The smallest absolute Gasteiger partial charge is 0.313 e. The molecule has 2 aromatic carbocycles. The van der Waals surface area contributed by atoms with E-state index in [0.29, 0.717) is 34.8 Å². The number of carbonyl (C=O) groups is 2. The van der Waals surface area contributed by atoms with Crippen LogP contribution < -0.4 is 9.47 Å². The Hall–Kier alpha value is -3.02. The highest BCUT2D eigenvalue weighted by molar-refractivity contribution is 6.00. The summed E-state index contributed by atoms with van der Waals surface area (Å²) in [4.78, 5) is 27.2. The van der Waals surface area contributed by atoms with Gasteiger partial charge >= 0.3 is 5.97 Å². The van der Waals surface area contributed by atoms with E-state index in [9.17, 15) is 14.7 Å². The van der Waals surface area contributed by atoms with Crippen molar-refractivity contribution in [3.63, 3.8) is 0 Å². The topological polar surface area (TPSA) is 76.1 Å². The normalized spacial score (nSPS) is 18.8. The molecule has 0 bridgehead atoms. The van der Waals surface area contributed by atoms with Crippen molar-refractivity contribution < 1.29 is 24.2 Å². The van der Waals surface area contributed by atoms with E-state index in [2.05, 4.69) is 0 Å². The molecular formula is C22H25NO5. The zero-order valence-electron chi connectivity index (χ0n) is 16.5. The van der Waals surface area contributed by atoms with E-state index in [1.165, 1.54) is 0 Å². The number of methoxy groups -OCH3 is 1. The summed E-state index contributed by atoms with van der Waals surface area (Å²) >= 11 is 0. The molecule has 1 aliphatic heterocycles. The number of hydrogen-bond donors (Lipinski definition) is 1. The molecule has 28 heavy (non-hydrogen) atoms. The number of carbonyl (C=O) groups excluding carboxylic acids is 1. The number of aliphatic carboxylic acids is 1. The van der Waals surface area contributed by atoms with Gasteiger partial charge < -0.3 is 19.5 Å². The van der Waals surface area contributed by atoms with Crippen LogP contribution in [0, 0.1) is 0 Å². The fourth-order valence-corrected chi connectivity index (χ4v) is 3.88. The molecule has 0 aromatic heterocycles. The van der Waals surface area contributed by atoms with Crippen LogP contribution >= 0.6 is 0 Å². The van der Waals surface area contributed by atoms with Gasteiger partial charge in [0.15, 0.2) is 11.5 Å². The first-order valence-corrected chi connectivity index (χ1v) is 9.35. The van der Waals surface area contributed by atoms with Crippen molar-refractivity contribution in [3.05, 3.63) is 59.2 Å². The molecule has 1 aliphatic rings. The molecule has 6 nitrogen and oxygen atoms in total. The van der Waals surface area contributed by atoms with Crippen LogP contribution in [0.3, 0.4) is 0 Å². The first-order chi connectivity index (χ1) is 13.4. The van der Waals surface area contributed by atoms with E-state index in [0.717, 1.165) is 0 Å². The lowest BCUT2D eigenvalue weighted by atomic mass is 9.79. The number of carboxylic acid groups (broad SMARTS) is 1. The van der Waals surface area contributed by atoms with E-state index in [4.69, 9.17) is 9.47 Å². The number of fused-ring (bicyclic) bond motifs is 1. The largest absolute Gasteiger partial charge is 0.493 e. The van der Waals surface area contributed by atoms with Crippen LogP contribution in [0.5, 0.6) is 11.5 Å². The first kappa shape index (κ1) is 19.7. The summed E-state index contributed by atoms with van der Waals surface area (Å²) in [6.45, 7) is 6.10. The molecule has 148 valence electrons. The lowest BCUT2D eigenvalue weighted by molar-refractivity contribution is -0.140. The summed E-state index contributed by atoms with van der Waals surface area (Å²) < 4.78 is 11.0. The van der Waals surface area contributed by atoms with Crippen molar-refractivity contribution in [2.75, 3.05) is 13.7 Å². The fourth-order valence-electron chi connectivity index (χ4n) is 3.88. The minimum Gasteiger partial charge on any atom is -0.493 e. The molecule has 0 spiro atoms. The Labute approximate surface area is 164 Å². The van der Waals surface area contributed by atoms with Crippen LogP contribution in [0.1, 0.15) is 54.2 Å². The molecule has 0 fully saturated rings. The van der Waals surface area contributed by atoms with Crippen LogP contribution in [0.4, 0.5) is 0 Å². The zero-order chi connectivity index (χ0) is 20.4. The summed E-state index contributed by atoms with van der Waals surface area (Å²) in [5.41, 5.74) is 1.68. The third-order valence-corrected chi connectivity index (χ3v) is 5.03. The Balaban J connectivity index is 2.22. The summed E-state index contributed by atoms with van der Waals surface area (Å²) in [6.07, 6.45) is 0. The van der Waals surface area contributed by atoms with Gasteiger partial charge in [-0.05, 0) is 50.1 Å². The maximum atomic E-state index is 13.2. The molecule has 0 saturated heterocycles. The van der Waals surface area contributed by atoms with Gasteiger partial charge in [-0.1, -0.05) is 24.3 Å². The van der Waals surface area contributed by atoms with Crippen molar-refractivity contribution in [2.45, 2.75) is 38.8 Å². The van der Waals surface area contributed by atoms with Crippen molar-refractivity contribution in [1.82, 2.24) is 4.90 Å². The zero-order valence-corrected chi connectivity index (χ0v) is 16.5. The van der Waals surface area contributed by atoms with E-state index in [-0.39, 0.29) is 11.9 Å². The Kier molecular flexibility index (Phi) is 5.58. The molecule has 6 heteroatoms. The molecule has 0 radical (unpaired) electrons. The highest BCUT2D eigenvalue weighted by Crippen LogP contribution is 2.45. The molecular weight excluding hydrogens is 358 g/mol. The van der Waals surface area contributed by atoms with Crippen LogP contribution in [0.2, 0.25) is 0 Å². The van der Waals surface area contributed by atoms with E-state index in [1.807, 2.05) is 20.8 Å². The number of nitrogens with zero attached hydrogens (tertiary/aromatic N) is 1. The molecule has 0 unspecified atom stereocenters. The summed E-state index contributed by atoms with van der Waals surface area (Å²) in [7, 11) is 1.55. The number of ether oxygens (including phenoxy) is 2. The Morgan fingerprint density at radius 2 is 1.89 bits per heavy atom. The molecule has 1 N–H and O–H groups in total.